The Morgan fingerprint density at radius 1 is 1.30 bits per heavy atom. The van der Waals surface area contributed by atoms with E-state index in [9.17, 15) is 0 Å². The minimum Gasteiger partial charge on any atom is -0.477 e. The van der Waals surface area contributed by atoms with Crippen molar-refractivity contribution >= 4 is 12.2 Å². The summed E-state index contributed by atoms with van der Waals surface area (Å²) in [7, 11) is 0. The highest BCUT2D eigenvalue weighted by Gasteiger charge is 2.40. The highest BCUT2D eigenvalue weighted by Crippen LogP contribution is 2.47. The predicted molar refractivity (Wildman–Crippen MR) is 92.1 cm³/mol. The molecule has 0 aromatic carbocycles. The van der Waals surface area contributed by atoms with Crippen LogP contribution < -0.4 is 4.74 Å². The molecule has 0 radical (unpaired) electrons. The zero-order chi connectivity index (χ0) is 16.2. The quantitative estimate of drug-likeness (QED) is 0.808. The van der Waals surface area contributed by atoms with Gasteiger partial charge in [-0.05, 0) is 38.0 Å². The highest BCUT2D eigenvalue weighted by molar-refractivity contribution is 5.61. The van der Waals surface area contributed by atoms with Crippen molar-refractivity contribution in [1.29, 1.82) is 0 Å². The topological polar surface area (TPSA) is 47.9 Å². The van der Waals surface area contributed by atoms with Crippen molar-refractivity contribution in [1.82, 2.24) is 15.0 Å². The van der Waals surface area contributed by atoms with E-state index in [4.69, 9.17) is 9.72 Å². The lowest BCUT2D eigenvalue weighted by Crippen LogP contribution is -2.04. The smallest absolute Gasteiger partial charge is 0.216 e. The van der Waals surface area contributed by atoms with E-state index in [0.717, 1.165) is 29.2 Å². The number of nitrogens with zero attached hydrogens (tertiary/aromatic N) is 3. The summed E-state index contributed by atoms with van der Waals surface area (Å²) >= 11 is 0. The van der Waals surface area contributed by atoms with Crippen molar-refractivity contribution in [2.75, 3.05) is 6.61 Å². The minimum absolute atomic E-state index is 0.469. The second kappa shape index (κ2) is 6.73. The van der Waals surface area contributed by atoms with Crippen molar-refractivity contribution < 1.29 is 4.74 Å². The summed E-state index contributed by atoms with van der Waals surface area (Å²) in [5.74, 6) is 2.34. The first kappa shape index (κ1) is 15.4. The van der Waals surface area contributed by atoms with Crippen LogP contribution in [0.15, 0.2) is 37.1 Å². The van der Waals surface area contributed by atoms with Gasteiger partial charge in [-0.2, -0.15) is 4.98 Å². The molecule has 0 spiro atoms. The van der Waals surface area contributed by atoms with Crippen LogP contribution in [-0.2, 0) is 0 Å². The maximum absolute atomic E-state index is 5.77. The van der Waals surface area contributed by atoms with Gasteiger partial charge in [0.2, 0.25) is 5.88 Å². The molecule has 2 atom stereocenters. The first-order valence-electron chi connectivity index (χ1n) is 7.89. The van der Waals surface area contributed by atoms with Gasteiger partial charge in [-0.15, -0.1) is 0 Å². The van der Waals surface area contributed by atoms with Gasteiger partial charge < -0.3 is 4.74 Å². The Balaban J connectivity index is 1.63. The van der Waals surface area contributed by atoms with Gasteiger partial charge in [0.05, 0.1) is 12.3 Å². The van der Waals surface area contributed by atoms with E-state index in [1.807, 2.05) is 26.0 Å². The van der Waals surface area contributed by atoms with E-state index in [2.05, 4.69) is 34.8 Å². The van der Waals surface area contributed by atoms with Crippen molar-refractivity contribution in [2.24, 2.45) is 5.92 Å². The van der Waals surface area contributed by atoms with Crippen LogP contribution >= 0.6 is 0 Å². The van der Waals surface area contributed by atoms with Crippen molar-refractivity contribution in [3.8, 4) is 5.88 Å². The van der Waals surface area contributed by atoms with Gasteiger partial charge in [0.1, 0.15) is 5.82 Å². The van der Waals surface area contributed by atoms with Gasteiger partial charge >= 0.3 is 0 Å². The summed E-state index contributed by atoms with van der Waals surface area (Å²) in [6, 6.07) is 6.02. The lowest BCUT2D eigenvalue weighted by Gasteiger charge is -2.06. The molecule has 0 amide bonds. The second-order valence-electron chi connectivity index (χ2n) is 5.77. The predicted octanol–water partition coefficient (Wildman–Crippen LogP) is 4.04. The Bertz CT molecular complexity index is 739. The van der Waals surface area contributed by atoms with E-state index in [1.165, 1.54) is 0 Å². The maximum atomic E-state index is 5.77. The summed E-state index contributed by atoms with van der Waals surface area (Å²) in [5, 5.41) is 0. The normalized spacial score (nSPS) is 19.7. The number of pyridine rings is 1. The molecule has 1 aliphatic rings. The van der Waals surface area contributed by atoms with Crippen LogP contribution in [0.2, 0.25) is 0 Å². The van der Waals surface area contributed by atoms with Crippen LogP contribution in [0.3, 0.4) is 0 Å². The van der Waals surface area contributed by atoms with Crippen LogP contribution in [0.1, 0.15) is 42.0 Å². The number of aromatic nitrogens is 3. The van der Waals surface area contributed by atoms with E-state index in [-0.39, 0.29) is 0 Å². The summed E-state index contributed by atoms with van der Waals surface area (Å²) in [6.07, 6.45) is 8.72. The average Bonchev–Trinajstić information content (AvgIpc) is 3.33. The fraction of sp³-hybridized carbons (Fsp3) is 0.316. The first-order chi connectivity index (χ1) is 11.2. The van der Waals surface area contributed by atoms with Gasteiger partial charge in [-0.25, -0.2) is 4.98 Å². The minimum atomic E-state index is 0.469. The van der Waals surface area contributed by atoms with E-state index in [1.54, 1.807) is 12.3 Å². The van der Waals surface area contributed by atoms with E-state index in [0.29, 0.717) is 24.3 Å². The molecule has 2 aromatic heterocycles. The number of hydrogen-bond donors (Lipinski definition) is 0. The molecule has 3 rings (SSSR count). The Kier molecular flexibility index (Phi) is 4.51. The Labute approximate surface area is 137 Å². The van der Waals surface area contributed by atoms with E-state index < -0.39 is 0 Å². The molecule has 1 aliphatic carbocycles. The monoisotopic (exact) mass is 307 g/mol. The van der Waals surface area contributed by atoms with Gasteiger partial charge in [-0.3, -0.25) is 4.98 Å². The Hall–Kier alpha value is -2.49. The highest BCUT2D eigenvalue weighted by atomic mass is 16.5. The molecule has 1 saturated carbocycles. The van der Waals surface area contributed by atoms with Crippen LogP contribution in [0.25, 0.3) is 12.2 Å². The molecule has 2 heterocycles. The van der Waals surface area contributed by atoms with Gasteiger partial charge in [0.25, 0.3) is 0 Å². The number of rotatable bonds is 6. The number of hydrogen-bond acceptors (Lipinski definition) is 4. The van der Waals surface area contributed by atoms with Gasteiger partial charge in [-0.1, -0.05) is 24.8 Å². The third kappa shape index (κ3) is 3.65. The molecule has 0 aliphatic heterocycles. The first-order valence-corrected chi connectivity index (χ1v) is 7.89. The number of aryl methyl sites for hydroxylation is 1. The molecular formula is C19H21N3O. The average molecular weight is 307 g/mol. The van der Waals surface area contributed by atoms with Crippen molar-refractivity contribution in [3.05, 3.63) is 59.8 Å². The van der Waals surface area contributed by atoms with Crippen LogP contribution in [0, 0.1) is 12.8 Å². The standard InChI is InChI=1S/C19H21N3O/c1-4-6-14-7-8-18(22-17(14)5-2)16-11-15(16)12-23-19-9-10-20-13(3)21-19/h4-10,15-16H,2,11-12H2,1,3H3/b6-4-/t15-,16+/m1/s1. The fourth-order valence-electron chi connectivity index (χ4n) is 2.69. The summed E-state index contributed by atoms with van der Waals surface area (Å²) in [5.41, 5.74) is 3.18. The Morgan fingerprint density at radius 3 is 2.91 bits per heavy atom. The molecular weight excluding hydrogens is 286 g/mol. The third-order valence-corrected chi connectivity index (χ3v) is 4.02. The summed E-state index contributed by atoms with van der Waals surface area (Å²) in [4.78, 5) is 13.1. The lowest BCUT2D eigenvalue weighted by molar-refractivity contribution is 0.284. The van der Waals surface area contributed by atoms with Crippen LogP contribution in [-0.4, -0.2) is 21.6 Å². The molecule has 4 heteroatoms. The van der Waals surface area contributed by atoms with E-state index >= 15 is 0 Å². The lowest BCUT2D eigenvalue weighted by atomic mass is 10.1. The number of ether oxygens (including phenoxy) is 1. The molecule has 0 bridgehead atoms. The molecule has 0 saturated heterocycles. The largest absolute Gasteiger partial charge is 0.477 e. The Morgan fingerprint density at radius 2 is 2.17 bits per heavy atom. The van der Waals surface area contributed by atoms with Gasteiger partial charge in [0, 0.05) is 29.8 Å². The summed E-state index contributed by atoms with van der Waals surface area (Å²) < 4.78 is 5.77. The molecule has 4 nitrogen and oxygen atoms in total. The van der Waals surface area contributed by atoms with Crippen LogP contribution in [0.4, 0.5) is 0 Å². The number of allylic oxidation sites excluding steroid dienone is 1. The SMILES string of the molecule is C=Cc1nc([C@H]2C[C@@H]2COc2ccnc(C)n2)ccc1/C=C\C. The molecule has 23 heavy (non-hydrogen) atoms. The van der Waals surface area contributed by atoms with Crippen molar-refractivity contribution in [3.63, 3.8) is 0 Å². The summed E-state index contributed by atoms with van der Waals surface area (Å²) in [6.45, 7) is 8.40. The maximum Gasteiger partial charge on any atom is 0.216 e. The zero-order valence-electron chi connectivity index (χ0n) is 13.6. The van der Waals surface area contributed by atoms with Crippen molar-refractivity contribution in [2.45, 2.75) is 26.2 Å². The third-order valence-electron chi connectivity index (χ3n) is 4.02. The fourth-order valence-corrected chi connectivity index (χ4v) is 2.69. The van der Waals surface area contributed by atoms with Crippen LogP contribution in [0.5, 0.6) is 5.88 Å². The van der Waals surface area contributed by atoms with Gasteiger partial charge in [0.15, 0.2) is 0 Å². The molecule has 2 aromatic rings. The molecule has 1 fully saturated rings. The molecule has 0 N–H and O–H groups in total. The second-order valence-corrected chi connectivity index (χ2v) is 5.77. The zero-order valence-corrected chi connectivity index (χ0v) is 13.6. The molecule has 118 valence electrons. The molecule has 0 unspecified atom stereocenters.